The molecule has 0 radical (unpaired) electrons. The average molecular weight is 378 g/mol. The van der Waals surface area contributed by atoms with Gasteiger partial charge in [0.25, 0.3) is 5.91 Å². The number of ether oxygens (including phenoxy) is 2. The molecular weight excluding hydrogens is 356 g/mol. The summed E-state index contributed by atoms with van der Waals surface area (Å²) >= 11 is 0. The third-order valence-electron chi connectivity index (χ3n) is 4.41. The smallest absolute Gasteiger partial charge is 0.289 e. The van der Waals surface area contributed by atoms with Crippen molar-refractivity contribution >= 4 is 12.1 Å². The summed E-state index contributed by atoms with van der Waals surface area (Å²) in [4.78, 5) is 12.3. The van der Waals surface area contributed by atoms with Crippen LogP contribution in [0.1, 0.15) is 27.2 Å². The van der Waals surface area contributed by atoms with Crippen LogP contribution < -0.4 is 14.9 Å². The van der Waals surface area contributed by atoms with Gasteiger partial charge in [0, 0.05) is 5.56 Å². The van der Waals surface area contributed by atoms with Crippen LogP contribution in [-0.4, -0.2) is 36.5 Å². The van der Waals surface area contributed by atoms with E-state index in [0.717, 1.165) is 11.1 Å². The van der Waals surface area contributed by atoms with Gasteiger partial charge in [0.15, 0.2) is 11.5 Å². The number of methoxy groups -OCH3 is 2. The minimum absolute atomic E-state index is 0.331. The van der Waals surface area contributed by atoms with Gasteiger partial charge in [-0.3, -0.25) is 9.89 Å². The maximum Gasteiger partial charge on any atom is 0.289 e. The first-order chi connectivity index (χ1) is 13.5. The molecule has 0 aliphatic carbocycles. The summed E-state index contributed by atoms with van der Waals surface area (Å²) in [5.74, 6) is 0.837. The summed E-state index contributed by atoms with van der Waals surface area (Å²) in [5.41, 5.74) is 7.62. The fourth-order valence-electron chi connectivity index (χ4n) is 2.65. The lowest BCUT2D eigenvalue weighted by atomic mass is 10.0. The van der Waals surface area contributed by atoms with E-state index in [-0.39, 0.29) is 5.91 Å². The van der Waals surface area contributed by atoms with E-state index >= 15 is 0 Å². The van der Waals surface area contributed by atoms with Gasteiger partial charge < -0.3 is 9.47 Å². The molecule has 3 aromatic rings. The van der Waals surface area contributed by atoms with Crippen LogP contribution in [0.15, 0.2) is 47.6 Å². The number of carbonyl (C=O) groups excluding carboxylic acids is 1. The van der Waals surface area contributed by atoms with Crippen molar-refractivity contribution in [2.45, 2.75) is 13.8 Å². The Morgan fingerprint density at radius 2 is 1.82 bits per heavy atom. The fourth-order valence-corrected chi connectivity index (χ4v) is 2.65. The van der Waals surface area contributed by atoms with Crippen molar-refractivity contribution in [1.82, 2.24) is 15.6 Å². The summed E-state index contributed by atoms with van der Waals surface area (Å²) in [6, 6.07) is 13.1. The fraction of sp³-hybridized carbons (Fsp3) is 0.190. The van der Waals surface area contributed by atoms with Gasteiger partial charge in [-0.2, -0.15) is 10.2 Å². The van der Waals surface area contributed by atoms with Crippen molar-refractivity contribution in [3.05, 3.63) is 64.8 Å². The van der Waals surface area contributed by atoms with Crippen molar-refractivity contribution in [2.24, 2.45) is 5.10 Å². The third-order valence-corrected chi connectivity index (χ3v) is 4.41. The lowest BCUT2D eigenvalue weighted by Crippen LogP contribution is -2.18. The predicted octanol–water partition coefficient (Wildman–Crippen LogP) is 3.47. The zero-order valence-corrected chi connectivity index (χ0v) is 16.2. The molecule has 0 spiro atoms. The third kappa shape index (κ3) is 4.20. The Kier molecular flexibility index (Phi) is 5.74. The molecule has 3 rings (SSSR count). The maximum atomic E-state index is 12.3. The van der Waals surface area contributed by atoms with E-state index in [1.54, 1.807) is 32.4 Å². The van der Waals surface area contributed by atoms with Crippen molar-refractivity contribution in [1.29, 1.82) is 0 Å². The molecule has 0 atom stereocenters. The predicted molar refractivity (Wildman–Crippen MR) is 108 cm³/mol. The number of hydrogen-bond donors (Lipinski definition) is 2. The largest absolute Gasteiger partial charge is 0.493 e. The monoisotopic (exact) mass is 378 g/mol. The molecule has 1 heterocycles. The van der Waals surface area contributed by atoms with Crippen LogP contribution in [-0.2, 0) is 0 Å². The van der Waals surface area contributed by atoms with Crippen molar-refractivity contribution < 1.29 is 14.3 Å². The number of aryl methyl sites for hydroxylation is 2. The zero-order chi connectivity index (χ0) is 20.1. The Hall–Kier alpha value is -3.61. The summed E-state index contributed by atoms with van der Waals surface area (Å²) in [7, 11) is 3.13. The Bertz CT molecular complexity index is 1020. The molecular formula is C21H22N4O3. The number of aromatic amines is 1. The van der Waals surface area contributed by atoms with Crippen molar-refractivity contribution in [2.75, 3.05) is 14.2 Å². The molecule has 0 fully saturated rings. The van der Waals surface area contributed by atoms with E-state index in [1.165, 1.54) is 17.3 Å². The summed E-state index contributed by atoms with van der Waals surface area (Å²) in [6.07, 6.45) is 1.53. The van der Waals surface area contributed by atoms with Crippen LogP contribution in [0, 0.1) is 13.8 Å². The molecule has 2 aromatic carbocycles. The molecule has 1 amide bonds. The molecule has 28 heavy (non-hydrogen) atoms. The van der Waals surface area contributed by atoms with Crippen LogP contribution in [0.5, 0.6) is 11.5 Å². The van der Waals surface area contributed by atoms with Crippen LogP contribution in [0.2, 0.25) is 0 Å². The normalized spacial score (nSPS) is 10.9. The number of H-pyrrole nitrogens is 1. The van der Waals surface area contributed by atoms with E-state index in [1.807, 2.05) is 31.2 Å². The molecule has 0 aliphatic rings. The second kappa shape index (κ2) is 8.39. The molecule has 7 nitrogen and oxygen atoms in total. The van der Waals surface area contributed by atoms with Gasteiger partial charge in [-0.15, -0.1) is 0 Å². The molecule has 0 saturated heterocycles. The number of hydrogen-bond acceptors (Lipinski definition) is 5. The van der Waals surface area contributed by atoms with Crippen LogP contribution in [0.4, 0.5) is 0 Å². The molecule has 1 aromatic heterocycles. The number of amides is 1. The number of carbonyl (C=O) groups is 1. The molecule has 0 saturated carbocycles. The lowest BCUT2D eigenvalue weighted by molar-refractivity contribution is 0.0950. The van der Waals surface area contributed by atoms with E-state index in [2.05, 4.69) is 27.6 Å². The van der Waals surface area contributed by atoms with Crippen LogP contribution >= 0.6 is 0 Å². The van der Waals surface area contributed by atoms with Gasteiger partial charge >= 0.3 is 0 Å². The average Bonchev–Trinajstić information content (AvgIpc) is 3.20. The minimum atomic E-state index is -0.376. The van der Waals surface area contributed by atoms with Crippen LogP contribution in [0.25, 0.3) is 11.3 Å². The van der Waals surface area contributed by atoms with E-state index in [4.69, 9.17) is 9.47 Å². The van der Waals surface area contributed by atoms with E-state index in [9.17, 15) is 4.79 Å². The van der Waals surface area contributed by atoms with E-state index in [0.29, 0.717) is 22.9 Å². The molecule has 7 heteroatoms. The number of benzene rings is 2. The second-order valence-electron chi connectivity index (χ2n) is 6.28. The van der Waals surface area contributed by atoms with Crippen LogP contribution in [0.3, 0.4) is 0 Å². The number of nitrogens with one attached hydrogen (secondary N) is 2. The quantitative estimate of drug-likeness (QED) is 0.508. The Morgan fingerprint density at radius 3 is 2.54 bits per heavy atom. The number of aromatic nitrogens is 2. The molecule has 144 valence electrons. The molecule has 0 unspecified atom stereocenters. The highest BCUT2D eigenvalue weighted by molar-refractivity contribution is 5.94. The standard InChI is InChI=1S/C21H22N4O3/c1-13-5-7-16(9-14(13)2)17-11-18(24-23-17)21(26)25-22-12-15-6-8-19(27-3)20(10-15)28-4/h5-12H,1-4H3,(H,23,24)(H,25,26)/b22-12-. The van der Waals surface area contributed by atoms with Crippen molar-refractivity contribution in [3.8, 4) is 22.8 Å². The van der Waals surface area contributed by atoms with Gasteiger partial charge in [-0.25, -0.2) is 5.43 Å². The van der Waals surface area contributed by atoms with Gasteiger partial charge in [0.2, 0.25) is 0 Å². The first kappa shape index (κ1) is 19.2. The maximum absolute atomic E-state index is 12.3. The molecule has 2 N–H and O–H groups in total. The minimum Gasteiger partial charge on any atom is -0.493 e. The van der Waals surface area contributed by atoms with Gasteiger partial charge in [0.05, 0.1) is 26.1 Å². The van der Waals surface area contributed by atoms with Gasteiger partial charge in [-0.1, -0.05) is 12.1 Å². The zero-order valence-electron chi connectivity index (χ0n) is 16.2. The first-order valence-corrected chi connectivity index (χ1v) is 8.70. The molecule has 0 bridgehead atoms. The summed E-state index contributed by atoms with van der Waals surface area (Å²) < 4.78 is 10.4. The molecule has 0 aliphatic heterocycles. The van der Waals surface area contributed by atoms with E-state index < -0.39 is 0 Å². The van der Waals surface area contributed by atoms with Gasteiger partial charge in [-0.05, 0) is 60.9 Å². The highest BCUT2D eigenvalue weighted by atomic mass is 16.5. The Morgan fingerprint density at radius 1 is 1.04 bits per heavy atom. The Labute approximate surface area is 163 Å². The summed E-state index contributed by atoms with van der Waals surface area (Å²) in [5, 5.41) is 11.0. The number of nitrogens with zero attached hydrogens (tertiary/aromatic N) is 2. The lowest BCUT2D eigenvalue weighted by Gasteiger charge is -2.07. The van der Waals surface area contributed by atoms with Gasteiger partial charge in [0.1, 0.15) is 5.69 Å². The first-order valence-electron chi connectivity index (χ1n) is 8.70. The van der Waals surface area contributed by atoms with Crippen molar-refractivity contribution in [3.63, 3.8) is 0 Å². The highest BCUT2D eigenvalue weighted by Gasteiger charge is 2.11. The SMILES string of the molecule is COc1ccc(/C=N\NC(=O)c2cc(-c3ccc(C)c(C)c3)n[nH]2)cc1OC. The summed E-state index contributed by atoms with van der Waals surface area (Å²) in [6.45, 7) is 4.10. The highest BCUT2D eigenvalue weighted by Crippen LogP contribution is 2.26. The Balaban J connectivity index is 1.68. The number of rotatable bonds is 6. The number of hydrazone groups is 1. The second-order valence-corrected chi connectivity index (χ2v) is 6.28. The topological polar surface area (TPSA) is 88.6 Å².